The number of azo groups is 1. The largest absolute Gasteiger partial charge is 0.382 e. The van der Waals surface area contributed by atoms with Crippen molar-refractivity contribution in [1.82, 2.24) is 4.98 Å². The van der Waals surface area contributed by atoms with Crippen LogP contribution in [-0.2, 0) is 0 Å². The molecule has 0 radical (unpaired) electrons. The van der Waals surface area contributed by atoms with E-state index in [0.29, 0.717) is 16.8 Å². The first kappa shape index (κ1) is 8.05. The number of carbonyl (C=O) groups is 1. The summed E-state index contributed by atoms with van der Waals surface area (Å²) < 4.78 is 0. The predicted molar refractivity (Wildman–Crippen MR) is 55.0 cm³/mol. The van der Waals surface area contributed by atoms with Crippen molar-refractivity contribution < 1.29 is 4.79 Å². The summed E-state index contributed by atoms with van der Waals surface area (Å²) in [6.45, 7) is 0. The lowest BCUT2D eigenvalue weighted by atomic mass is 10.1. The van der Waals surface area contributed by atoms with Crippen LogP contribution in [0, 0.1) is 0 Å². The van der Waals surface area contributed by atoms with Crippen molar-refractivity contribution >= 4 is 28.3 Å². The highest BCUT2D eigenvalue weighted by Gasteiger charge is 2.23. The lowest BCUT2D eigenvalue weighted by molar-refractivity contribution is 0.100. The number of hydrogen-bond donors (Lipinski definition) is 1. The Labute approximate surface area is 84.6 Å². The quantitative estimate of drug-likeness (QED) is 0.703. The third-order valence-corrected chi connectivity index (χ3v) is 2.35. The molecular formula is C10H6N4O. The van der Waals surface area contributed by atoms with E-state index in [-0.39, 0.29) is 11.7 Å². The van der Waals surface area contributed by atoms with E-state index in [1.807, 2.05) is 18.2 Å². The molecule has 5 nitrogen and oxygen atoms in total. The van der Waals surface area contributed by atoms with E-state index in [4.69, 9.17) is 5.73 Å². The first-order valence-corrected chi connectivity index (χ1v) is 4.41. The Kier molecular flexibility index (Phi) is 1.39. The molecule has 0 spiro atoms. The zero-order chi connectivity index (χ0) is 10.4. The standard InChI is InChI=1S/C10H6N4O/c11-9-8-7(10(15)14-13-8)5-3-1-2-4-6(5)12-9/h1-4H,(H2,11,12). The van der Waals surface area contributed by atoms with Crippen LogP contribution in [0.1, 0.15) is 10.4 Å². The molecule has 5 heteroatoms. The maximum atomic E-state index is 11.5. The summed E-state index contributed by atoms with van der Waals surface area (Å²) in [5.41, 5.74) is 7.22. The topological polar surface area (TPSA) is 80.7 Å². The highest BCUT2D eigenvalue weighted by molar-refractivity contribution is 6.14. The van der Waals surface area contributed by atoms with Gasteiger partial charge in [0.25, 0.3) is 5.91 Å². The van der Waals surface area contributed by atoms with Crippen molar-refractivity contribution in [2.45, 2.75) is 0 Å². The number of anilines is 1. The minimum Gasteiger partial charge on any atom is -0.382 e. The maximum Gasteiger partial charge on any atom is 0.298 e. The molecule has 0 saturated heterocycles. The molecule has 0 aliphatic carbocycles. The van der Waals surface area contributed by atoms with E-state index in [1.54, 1.807) is 6.07 Å². The number of fused-ring (bicyclic) bond motifs is 3. The average molecular weight is 198 g/mol. The summed E-state index contributed by atoms with van der Waals surface area (Å²) in [7, 11) is 0. The Balaban J connectivity index is 2.54. The molecule has 0 fully saturated rings. The number of nitrogens with two attached hydrogens (primary N) is 1. The summed E-state index contributed by atoms with van der Waals surface area (Å²) in [4.78, 5) is 15.6. The van der Waals surface area contributed by atoms with Crippen molar-refractivity contribution in [3.8, 4) is 0 Å². The minimum atomic E-state index is -0.352. The molecule has 1 aromatic carbocycles. The first-order valence-electron chi connectivity index (χ1n) is 4.41. The van der Waals surface area contributed by atoms with Gasteiger partial charge in [-0.25, -0.2) is 4.98 Å². The molecule has 0 bridgehead atoms. The zero-order valence-electron chi connectivity index (χ0n) is 7.64. The SMILES string of the molecule is Nc1nc2ccccc2c2c1N=NC2=O. The van der Waals surface area contributed by atoms with Crippen LogP contribution in [0.15, 0.2) is 34.5 Å². The summed E-state index contributed by atoms with van der Waals surface area (Å²) in [5, 5.41) is 7.95. The van der Waals surface area contributed by atoms with Crippen molar-refractivity contribution in [2.75, 3.05) is 5.73 Å². The third-order valence-electron chi connectivity index (χ3n) is 2.35. The molecule has 1 aliphatic rings. The van der Waals surface area contributed by atoms with Crippen LogP contribution < -0.4 is 5.73 Å². The second-order valence-corrected chi connectivity index (χ2v) is 3.24. The van der Waals surface area contributed by atoms with Gasteiger partial charge in [-0.15, -0.1) is 10.2 Å². The number of nitrogen functional groups attached to an aromatic ring is 1. The van der Waals surface area contributed by atoms with E-state index in [1.165, 1.54) is 0 Å². The van der Waals surface area contributed by atoms with Crippen molar-refractivity contribution in [2.24, 2.45) is 10.2 Å². The fraction of sp³-hybridized carbons (Fsp3) is 0. The van der Waals surface area contributed by atoms with Gasteiger partial charge in [0.15, 0.2) is 5.82 Å². The smallest absolute Gasteiger partial charge is 0.298 e. The molecule has 0 saturated carbocycles. The lowest BCUT2D eigenvalue weighted by Crippen LogP contribution is -1.97. The molecule has 1 aliphatic heterocycles. The van der Waals surface area contributed by atoms with Crippen molar-refractivity contribution in [1.29, 1.82) is 0 Å². The normalized spacial score (nSPS) is 13.5. The van der Waals surface area contributed by atoms with E-state index < -0.39 is 0 Å². The highest BCUT2D eigenvalue weighted by atomic mass is 16.2. The van der Waals surface area contributed by atoms with Crippen LogP contribution >= 0.6 is 0 Å². The number of amides is 1. The van der Waals surface area contributed by atoms with Crippen LogP contribution in [-0.4, -0.2) is 10.9 Å². The monoisotopic (exact) mass is 198 g/mol. The summed E-state index contributed by atoms with van der Waals surface area (Å²) in [6, 6.07) is 7.30. The van der Waals surface area contributed by atoms with E-state index in [2.05, 4.69) is 15.2 Å². The number of benzene rings is 1. The van der Waals surface area contributed by atoms with Crippen LogP contribution in [0.4, 0.5) is 11.5 Å². The zero-order valence-corrected chi connectivity index (χ0v) is 7.64. The average Bonchev–Trinajstić information content (AvgIpc) is 2.62. The molecule has 0 unspecified atom stereocenters. The molecular weight excluding hydrogens is 192 g/mol. The molecule has 3 rings (SSSR count). The third kappa shape index (κ3) is 0.969. The predicted octanol–water partition coefficient (Wildman–Crippen LogP) is 2.05. The van der Waals surface area contributed by atoms with E-state index in [0.717, 1.165) is 5.39 Å². The minimum absolute atomic E-state index is 0.248. The maximum absolute atomic E-state index is 11.5. The van der Waals surface area contributed by atoms with Crippen LogP contribution in [0.3, 0.4) is 0 Å². The molecule has 0 atom stereocenters. The molecule has 2 N–H and O–H groups in total. The Bertz CT molecular complexity index is 618. The molecule has 1 amide bonds. The number of aromatic nitrogens is 1. The van der Waals surface area contributed by atoms with Gasteiger partial charge in [-0.2, -0.15) is 0 Å². The molecule has 72 valence electrons. The van der Waals surface area contributed by atoms with Gasteiger partial charge in [-0.05, 0) is 6.07 Å². The summed E-state index contributed by atoms with van der Waals surface area (Å²) in [5.74, 6) is -0.103. The van der Waals surface area contributed by atoms with Gasteiger partial charge in [0.2, 0.25) is 0 Å². The Morgan fingerprint density at radius 3 is 2.80 bits per heavy atom. The van der Waals surface area contributed by atoms with Gasteiger partial charge >= 0.3 is 0 Å². The van der Waals surface area contributed by atoms with Gasteiger partial charge in [-0.3, -0.25) is 4.79 Å². The van der Waals surface area contributed by atoms with Gasteiger partial charge in [-0.1, -0.05) is 18.2 Å². The van der Waals surface area contributed by atoms with Crippen LogP contribution in [0.2, 0.25) is 0 Å². The van der Waals surface area contributed by atoms with Gasteiger partial charge in [0.1, 0.15) is 5.69 Å². The van der Waals surface area contributed by atoms with Crippen LogP contribution in [0.5, 0.6) is 0 Å². The number of hydrogen-bond acceptors (Lipinski definition) is 4. The van der Waals surface area contributed by atoms with Gasteiger partial charge in [0.05, 0.1) is 11.1 Å². The fourth-order valence-electron chi connectivity index (χ4n) is 1.68. The van der Waals surface area contributed by atoms with E-state index >= 15 is 0 Å². The molecule has 15 heavy (non-hydrogen) atoms. The number of para-hydroxylation sites is 1. The second kappa shape index (κ2) is 2.60. The molecule has 2 heterocycles. The molecule has 2 aromatic rings. The van der Waals surface area contributed by atoms with Gasteiger partial charge < -0.3 is 5.73 Å². The number of rotatable bonds is 0. The Morgan fingerprint density at radius 2 is 1.93 bits per heavy atom. The van der Waals surface area contributed by atoms with Gasteiger partial charge in [0, 0.05) is 5.39 Å². The summed E-state index contributed by atoms with van der Waals surface area (Å²) >= 11 is 0. The number of pyridine rings is 1. The lowest BCUT2D eigenvalue weighted by Gasteiger charge is -2.03. The van der Waals surface area contributed by atoms with Crippen molar-refractivity contribution in [3.05, 3.63) is 29.8 Å². The van der Waals surface area contributed by atoms with E-state index in [9.17, 15) is 4.79 Å². The second-order valence-electron chi connectivity index (χ2n) is 3.24. The van der Waals surface area contributed by atoms with Crippen molar-refractivity contribution in [3.63, 3.8) is 0 Å². The fourth-order valence-corrected chi connectivity index (χ4v) is 1.68. The highest BCUT2D eigenvalue weighted by Crippen LogP contribution is 2.36. The van der Waals surface area contributed by atoms with Crippen LogP contribution in [0.25, 0.3) is 10.9 Å². The Morgan fingerprint density at radius 1 is 1.13 bits per heavy atom. The molecule has 1 aromatic heterocycles. The first-order chi connectivity index (χ1) is 7.27. The Hall–Kier alpha value is -2.30. The number of carbonyl (C=O) groups excluding carboxylic acids is 1. The number of nitrogens with zero attached hydrogens (tertiary/aromatic N) is 3. The summed E-state index contributed by atoms with van der Waals surface area (Å²) in [6.07, 6.45) is 0.